The lowest BCUT2D eigenvalue weighted by Gasteiger charge is -2.24. The van der Waals surface area contributed by atoms with E-state index in [4.69, 9.17) is 5.11 Å². The van der Waals surface area contributed by atoms with Gasteiger partial charge >= 0.3 is 0 Å². The smallest absolute Gasteiger partial charge is 0.274 e. The second-order valence-corrected chi connectivity index (χ2v) is 3.74. The Morgan fingerprint density at radius 2 is 2.17 bits per heavy atom. The Balaban J connectivity index is 3.11. The van der Waals surface area contributed by atoms with E-state index in [0.717, 1.165) is 0 Å². The lowest BCUT2D eigenvalue weighted by atomic mass is 10.1. The predicted molar refractivity (Wildman–Crippen MR) is 63.1 cm³/mol. The van der Waals surface area contributed by atoms with Crippen molar-refractivity contribution in [2.45, 2.75) is 13.3 Å². The summed E-state index contributed by atoms with van der Waals surface area (Å²) in [4.78, 5) is 11.5. The molecule has 0 heterocycles. The van der Waals surface area contributed by atoms with Gasteiger partial charge in [-0.15, -0.1) is 0 Å². The molecule has 0 atom stereocenters. The molecule has 1 aromatic carbocycles. The number of aliphatic hydroxyl groups is 1. The van der Waals surface area contributed by atoms with Crippen molar-refractivity contribution in [2.75, 3.05) is 24.6 Å². The molecule has 0 fully saturated rings. The van der Waals surface area contributed by atoms with Crippen LogP contribution in [0, 0.1) is 17.0 Å². The number of hydrogen-bond donors (Lipinski definition) is 1. The third-order valence-corrected chi connectivity index (χ3v) is 2.54. The summed E-state index contributed by atoms with van der Waals surface area (Å²) in [6.45, 7) is 0.646. The second-order valence-electron chi connectivity index (χ2n) is 3.74. The third-order valence-electron chi connectivity index (χ3n) is 2.54. The highest BCUT2D eigenvalue weighted by molar-refractivity contribution is 5.61. The summed E-state index contributed by atoms with van der Waals surface area (Å²) >= 11 is 0. The average Bonchev–Trinajstić information content (AvgIpc) is 2.27. The number of nitrogens with zero attached hydrogens (tertiary/aromatic N) is 2. The van der Waals surface area contributed by atoms with Gasteiger partial charge < -0.3 is 10.0 Å². The Kier molecular flexibility index (Phi) is 4.96. The highest BCUT2D eigenvalue weighted by atomic mass is 19.3. The predicted octanol–water partition coefficient (Wildman–Crippen LogP) is 1.97. The Hall–Kier alpha value is -1.76. The second kappa shape index (κ2) is 6.25. The molecule has 0 saturated heterocycles. The first kappa shape index (κ1) is 14.3. The fraction of sp³-hybridized carbons (Fsp3) is 0.455. The minimum atomic E-state index is -2.57. The van der Waals surface area contributed by atoms with Crippen molar-refractivity contribution in [3.63, 3.8) is 0 Å². The molecule has 1 rings (SSSR count). The van der Waals surface area contributed by atoms with Crippen molar-refractivity contribution in [3.05, 3.63) is 33.9 Å². The first-order valence-corrected chi connectivity index (χ1v) is 5.35. The normalized spacial score (nSPS) is 10.7. The van der Waals surface area contributed by atoms with Crippen LogP contribution in [0.1, 0.15) is 5.56 Å². The molecule has 0 aliphatic heterocycles. The summed E-state index contributed by atoms with van der Waals surface area (Å²) in [6, 6.07) is 4.29. The van der Waals surface area contributed by atoms with Crippen LogP contribution in [0.5, 0.6) is 0 Å². The first-order valence-electron chi connectivity index (χ1n) is 5.35. The van der Waals surface area contributed by atoms with Crippen LogP contribution in [0.2, 0.25) is 0 Å². The van der Waals surface area contributed by atoms with E-state index in [9.17, 15) is 18.9 Å². The quantitative estimate of drug-likeness (QED) is 0.627. The summed E-state index contributed by atoms with van der Waals surface area (Å²) in [5, 5.41) is 19.6. The minimum Gasteiger partial charge on any atom is -0.395 e. The zero-order chi connectivity index (χ0) is 13.7. The molecular formula is C11H14F2N2O3. The van der Waals surface area contributed by atoms with Crippen LogP contribution in [0.4, 0.5) is 20.2 Å². The molecule has 0 amide bonds. The van der Waals surface area contributed by atoms with E-state index >= 15 is 0 Å². The fourth-order valence-electron chi connectivity index (χ4n) is 1.75. The van der Waals surface area contributed by atoms with E-state index in [1.165, 1.54) is 30.0 Å². The molecule has 1 N–H and O–H groups in total. The van der Waals surface area contributed by atoms with Crippen LogP contribution in [0.3, 0.4) is 0 Å². The minimum absolute atomic E-state index is 0.00630. The topological polar surface area (TPSA) is 66.6 Å². The Morgan fingerprint density at radius 1 is 1.50 bits per heavy atom. The van der Waals surface area contributed by atoms with E-state index in [2.05, 4.69) is 0 Å². The van der Waals surface area contributed by atoms with E-state index in [1.807, 2.05) is 0 Å². The maximum Gasteiger partial charge on any atom is 0.274 e. The Labute approximate surface area is 103 Å². The van der Waals surface area contributed by atoms with Crippen LogP contribution in [0.25, 0.3) is 0 Å². The molecule has 0 saturated carbocycles. The number of aliphatic hydroxyl groups excluding tert-OH is 1. The van der Waals surface area contributed by atoms with Gasteiger partial charge in [0.25, 0.3) is 12.1 Å². The summed E-state index contributed by atoms with van der Waals surface area (Å²) < 4.78 is 24.9. The highest BCUT2D eigenvalue weighted by Gasteiger charge is 2.19. The number of nitro groups is 1. The lowest BCUT2D eigenvalue weighted by molar-refractivity contribution is -0.385. The molecule has 0 aromatic heterocycles. The summed E-state index contributed by atoms with van der Waals surface area (Å²) in [7, 11) is 0. The third kappa shape index (κ3) is 3.36. The SMILES string of the molecule is Cc1c(N(CCO)CC(F)F)cccc1[N+](=O)[O-]. The molecule has 1 aromatic rings. The molecule has 0 aliphatic rings. The van der Waals surface area contributed by atoms with Crippen molar-refractivity contribution in [1.29, 1.82) is 0 Å². The number of rotatable bonds is 6. The van der Waals surface area contributed by atoms with Crippen LogP contribution in [-0.4, -0.2) is 36.2 Å². The average molecular weight is 260 g/mol. The number of halogens is 2. The van der Waals surface area contributed by atoms with Gasteiger partial charge in [-0.3, -0.25) is 10.1 Å². The first-order chi connectivity index (χ1) is 8.47. The molecule has 0 aliphatic carbocycles. The van der Waals surface area contributed by atoms with E-state index in [0.29, 0.717) is 11.3 Å². The van der Waals surface area contributed by atoms with Gasteiger partial charge in [0, 0.05) is 18.3 Å². The van der Waals surface area contributed by atoms with Gasteiger partial charge in [-0.1, -0.05) is 6.07 Å². The van der Waals surface area contributed by atoms with Gasteiger partial charge in [0.1, 0.15) is 0 Å². The van der Waals surface area contributed by atoms with Crippen molar-refractivity contribution < 1.29 is 18.8 Å². The Morgan fingerprint density at radius 3 is 2.67 bits per heavy atom. The maximum atomic E-state index is 12.4. The van der Waals surface area contributed by atoms with Crippen molar-refractivity contribution >= 4 is 11.4 Å². The molecule has 0 unspecified atom stereocenters. The van der Waals surface area contributed by atoms with Gasteiger partial charge in [-0.2, -0.15) is 0 Å². The van der Waals surface area contributed by atoms with Gasteiger partial charge in [-0.25, -0.2) is 8.78 Å². The highest BCUT2D eigenvalue weighted by Crippen LogP contribution is 2.28. The summed E-state index contributed by atoms with van der Waals surface area (Å²) in [5.74, 6) is 0. The molecule has 18 heavy (non-hydrogen) atoms. The number of nitro benzene ring substituents is 1. The van der Waals surface area contributed by atoms with Crippen molar-refractivity contribution in [3.8, 4) is 0 Å². The van der Waals surface area contributed by atoms with Gasteiger partial charge in [0.15, 0.2) is 0 Å². The van der Waals surface area contributed by atoms with Gasteiger partial charge in [-0.05, 0) is 13.0 Å². The maximum absolute atomic E-state index is 12.4. The molecule has 0 bridgehead atoms. The lowest BCUT2D eigenvalue weighted by Crippen LogP contribution is -2.32. The van der Waals surface area contributed by atoms with Crippen molar-refractivity contribution in [2.24, 2.45) is 0 Å². The number of anilines is 1. The van der Waals surface area contributed by atoms with Crippen LogP contribution >= 0.6 is 0 Å². The van der Waals surface area contributed by atoms with E-state index < -0.39 is 17.9 Å². The molecular weight excluding hydrogens is 246 g/mol. The van der Waals surface area contributed by atoms with Gasteiger partial charge in [0.2, 0.25) is 0 Å². The monoisotopic (exact) mass is 260 g/mol. The summed E-state index contributed by atoms with van der Waals surface area (Å²) in [5.41, 5.74) is 0.542. The zero-order valence-corrected chi connectivity index (χ0v) is 9.84. The standard InChI is InChI=1S/C11H14F2N2O3/c1-8-9(3-2-4-10(8)15(17)18)14(5-6-16)7-11(12)13/h2-4,11,16H,5-7H2,1H3. The largest absolute Gasteiger partial charge is 0.395 e. The van der Waals surface area contributed by atoms with Gasteiger partial charge in [0.05, 0.1) is 23.6 Å². The number of benzene rings is 1. The zero-order valence-electron chi connectivity index (χ0n) is 9.84. The van der Waals surface area contributed by atoms with Crippen LogP contribution in [-0.2, 0) is 0 Å². The molecule has 5 nitrogen and oxygen atoms in total. The molecule has 0 spiro atoms. The Bertz CT molecular complexity index is 427. The fourth-order valence-corrected chi connectivity index (χ4v) is 1.75. The van der Waals surface area contributed by atoms with E-state index in [1.54, 1.807) is 0 Å². The number of alkyl halides is 2. The molecule has 100 valence electrons. The van der Waals surface area contributed by atoms with Crippen molar-refractivity contribution in [1.82, 2.24) is 0 Å². The summed E-state index contributed by atoms with van der Waals surface area (Å²) in [6.07, 6.45) is -2.57. The number of hydrogen-bond acceptors (Lipinski definition) is 4. The van der Waals surface area contributed by atoms with E-state index in [-0.39, 0.29) is 18.8 Å². The van der Waals surface area contributed by atoms with Crippen LogP contribution in [0.15, 0.2) is 18.2 Å². The molecule has 7 heteroatoms. The van der Waals surface area contributed by atoms with Crippen LogP contribution < -0.4 is 4.90 Å². The molecule has 0 radical (unpaired) electrons.